The molecule has 0 aliphatic rings. The Bertz CT molecular complexity index is 574. The van der Waals surface area contributed by atoms with E-state index in [1.54, 1.807) is 31.2 Å². The fraction of sp³-hybridized carbons (Fsp3) is 0.267. The summed E-state index contributed by atoms with van der Waals surface area (Å²) in [4.78, 5) is 11.3. The number of hydrogen-bond donors (Lipinski definition) is 1. The van der Waals surface area contributed by atoms with Crippen LogP contribution in [0.1, 0.15) is 25.2 Å². The summed E-state index contributed by atoms with van der Waals surface area (Å²) in [6, 6.07) is 10.5. The molecule has 5 heteroatoms. The van der Waals surface area contributed by atoms with Crippen molar-refractivity contribution < 1.29 is 19.1 Å². The van der Waals surface area contributed by atoms with Crippen molar-refractivity contribution in [3.8, 4) is 11.3 Å². The quantitative estimate of drug-likeness (QED) is 0.856. The van der Waals surface area contributed by atoms with Crippen molar-refractivity contribution in [1.82, 2.24) is 0 Å². The highest BCUT2D eigenvalue weighted by Crippen LogP contribution is 2.27. The van der Waals surface area contributed by atoms with Crippen LogP contribution in [0.25, 0.3) is 11.3 Å². The SMILES string of the molecule is CCOC(=O)C[C@@H](O)c1ccc(-c2ccc(Cl)cc2)o1. The first kappa shape index (κ1) is 14.6. The van der Waals surface area contributed by atoms with Gasteiger partial charge in [-0.15, -0.1) is 0 Å². The van der Waals surface area contributed by atoms with Gasteiger partial charge in [-0.1, -0.05) is 11.6 Å². The first-order chi connectivity index (χ1) is 9.60. The third kappa shape index (κ3) is 3.62. The maximum atomic E-state index is 11.3. The van der Waals surface area contributed by atoms with Gasteiger partial charge < -0.3 is 14.3 Å². The highest BCUT2D eigenvalue weighted by molar-refractivity contribution is 6.30. The van der Waals surface area contributed by atoms with Crippen molar-refractivity contribution in [3.63, 3.8) is 0 Å². The van der Waals surface area contributed by atoms with E-state index in [0.717, 1.165) is 5.56 Å². The van der Waals surface area contributed by atoms with Crippen LogP contribution in [0.4, 0.5) is 0 Å². The summed E-state index contributed by atoms with van der Waals surface area (Å²) in [5.41, 5.74) is 0.851. The molecule has 0 spiro atoms. The molecule has 1 atom stereocenters. The van der Waals surface area contributed by atoms with Crippen LogP contribution in [0.3, 0.4) is 0 Å². The van der Waals surface area contributed by atoms with Crippen molar-refractivity contribution in [2.75, 3.05) is 6.61 Å². The van der Waals surface area contributed by atoms with Gasteiger partial charge in [0.05, 0.1) is 13.0 Å². The van der Waals surface area contributed by atoms with Gasteiger partial charge in [0.25, 0.3) is 0 Å². The Hall–Kier alpha value is -1.78. The summed E-state index contributed by atoms with van der Waals surface area (Å²) in [7, 11) is 0. The predicted octanol–water partition coefficient (Wildman–Crippen LogP) is 3.59. The molecule has 0 saturated carbocycles. The summed E-state index contributed by atoms with van der Waals surface area (Å²) in [6.45, 7) is 2.01. The molecule has 20 heavy (non-hydrogen) atoms. The van der Waals surface area contributed by atoms with Crippen LogP contribution in [-0.4, -0.2) is 17.7 Å². The monoisotopic (exact) mass is 294 g/mol. The number of carbonyl (C=O) groups excluding carboxylic acids is 1. The van der Waals surface area contributed by atoms with Gasteiger partial charge in [0.2, 0.25) is 0 Å². The van der Waals surface area contributed by atoms with Gasteiger partial charge in [0.15, 0.2) is 0 Å². The van der Waals surface area contributed by atoms with Crippen LogP contribution in [-0.2, 0) is 9.53 Å². The van der Waals surface area contributed by atoms with Crippen LogP contribution < -0.4 is 0 Å². The normalized spacial score (nSPS) is 12.2. The summed E-state index contributed by atoms with van der Waals surface area (Å²) >= 11 is 5.82. The minimum Gasteiger partial charge on any atom is -0.466 e. The van der Waals surface area contributed by atoms with Crippen LogP contribution in [0.5, 0.6) is 0 Å². The van der Waals surface area contributed by atoms with Crippen molar-refractivity contribution in [3.05, 3.63) is 47.2 Å². The Labute approximate surface area is 121 Å². The smallest absolute Gasteiger partial charge is 0.308 e. The largest absolute Gasteiger partial charge is 0.466 e. The molecule has 0 saturated heterocycles. The van der Waals surface area contributed by atoms with Crippen molar-refractivity contribution in [1.29, 1.82) is 0 Å². The lowest BCUT2D eigenvalue weighted by molar-refractivity contribution is -0.145. The number of esters is 1. The number of rotatable bonds is 5. The lowest BCUT2D eigenvalue weighted by Gasteiger charge is -2.07. The van der Waals surface area contributed by atoms with E-state index in [-0.39, 0.29) is 6.42 Å². The van der Waals surface area contributed by atoms with E-state index in [1.165, 1.54) is 0 Å². The fourth-order valence-electron chi connectivity index (χ4n) is 1.78. The third-order valence-corrected chi connectivity index (χ3v) is 3.00. The number of halogens is 1. The minimum atomic E-state index is -1.00. The first-order valence-corrected chi connectivity index (χ1v) is 6.67. The van der Waals surface area contributed by atoms with Crippen LogP contribution in [0, 0.1) is 0 Å². The molecule has 0 bridgehead atoms. The zero-order chi connectivity index (χ0) is 14.5. The van der Waals surface area contributed by atoms with Gasteiger partial charge >= 0.3 is 5.97 Å². The summed E-state index contributed by atoms with van der Waals surface area (Å²) < 4.78 is 10.3. The summed E-state index contributed by atoms with van der Waals surface area (Å²) in [5, 5.41) is 10.5. The standard InChI is InChI=1S/C15H15ClO4/c1-2-19-15(18)9-12(17)14-8-7-13(20-14)10-3-5-11(16)6-4-10/h3-8,12,17H,2,9H2,1H3/t12-/m1/s1. The average molecular weight is 295 g/mol. The molecule has 0 aliphatic heterocycles. The van der Waals surface area contributed by atoms with Gasteiger partial charge in [0, 0.05) is 10.6 Å². The maximum absolute atomic E-state index is 11.3. The molecule has 1 aromatic carbocycles. The van der Waals surface area contributed by atoms with Crippen molar-refractivity contribution >= 4 is 17.6 Å². The molecule has 1 aromatic heterocycles. The molecule has 0 aliphatic carbocycles. The van der Waals surface area contributed by atoms with E-state index in [0.29, 0.717) is 23.2 Å². The number of aliphatic hydroxyl groups excluding tert-OH is 1. The summed E-state index contributed by atoms with van der Waals surface area (Å²) in [6.07, 6.45) is -1.13. The summed E-state index contributed by atoms with van der Waals surface area (Å²) in [5.74, 6) is 0.493. The maximum Gasteiger partial charge on any atom is 0.308 e. The second kappa shape index (κ2) is 6.59. The lowest BCUT2D eigenvalue weighted by Crippen LogP contribution is -2.09. The Balaban J connectivity index is 2.08. The Morgan fingerprint density at radius 3 is 2.65 bits per heavy atom. The van der Waals surface area contributed by atoms with Gasteiger partial charge in [-0.05, 0) is 43.3 Å². The molecule has 0 unspecified atom stereocenters. The molecule has 4 nitrogen and oxygen atoms in total. The highest BCUT2D eigenvalue weighted by atomic mass is 35.5. The Morgan fingerprint density at radius 2 is 2.00 bits per heavy atom. The van der Waals surface area contributed by atoms with Crippen LogP contribution in [0.15, 0.2) is 40.8 Å². The zero-order valence-corrected chi connectivity index (χ0v) is 11.8. The van der Waals surface area contributed by atoms with Crippen molar-refractivity contribution in [2.45, 2.75) is 19.4 Å². The molecule has 2 rings (SSSR count). The zero-order valence-electron chi connectivity index (χ0n) is 11.0. The number of ether oxygens (including phenoxy) is 1. The highest BCUT2D eigenvalue weighted by Gasteiger charge is 2.17. The van der Waals surface area contributed by atoms with E-state index in [1.807, 2.05) is 12.1 Å². The number of aliphatic hydroxyl groups is 1. The van der Waals surface area contributed by atoms with Gasteiger partial charge in [-0.25, -0.2) is 0 Å². The van der Waals surface area contributed by atoms with Crippen LogP contribution >= 0.6 is 11.6 Å². The third-order valence-electron chi connectivity index (χ3n) is 2.75. The van der Waals surface area contributed by atoms with E-state index in [9.17, 15) is 9.90 Å². The number of carbonyl (C=O) groups is 1. The molecule has 106 valence electrons. The fourth-order valence-corrected chi connectivity index (χ4v) is 1.91. The van der Waals surface area contributed by atoms with Gasteiger partial charge in [-0.3, -0.25) is 4.79 Å². The molecule has 0 amide bonds. The first-order valence-electron chi connectivity index (χ1n) is 6.29. The lowest BCUT2D eigenvalue weighted by atomic mass is 10.2. The molecular formula is C15H15ClO4. The van der Waals surface area contributed by atoms with Crippen molar-refractivity contribution in [2.24, 2.45) is 0 Å². The molecule has 0 fully saturated rings. The second-order valence-corrected chi connectivity index (χ2v) is 4.67. The molecule has 2 aromatic rings. The number of benzene rings is 1. The average Bonchev–Trinajstić information content (AvgIpc) is 2.89. The molecule has 0 radical (unpaired) electrons. The van der Waals surface area contributed by atoms with Crippen LogP contribution in [0.2, 0.25) is 5.02 Å². The second-order valence-electron chi connectivity index (χ2n) is 4.23. The topological polar surface area (TPSA) is 59.7 Å². The van der Waals surface area contributed by atoms with E-state index >= 15 is 0 Å². The molecule has 1 heterocycles. The minimum absolute atomic E-state index is 0.124. The molecule has 1 N–H and O–H groups in total. The molecular weight excluding hydrogens is 280 g/mol. The van der Waals surface area contributed by atoms with Gasteiger partial charge in [0.1, 0.15) is 17.6 Å². The number of furan rings is 1. The number of hydrogen-bond acceptors (Lipinski definition) is 4. The van der Waals surface area contributed by atoms with Gasteiger partial charge in [-0.2, -0.15) is 0 Å². The van der Waals surface area contributed by atoms with E-state index < -0.39 is 12.1 Å². The van der Waals surface area contributed by atoms with E-state index in [2.05, 4.69) is 0 Å². The van der Waals surface area contributed by atoms with E-state index in [4.69, 9.17) is 20.8 Å². The predicted molar refractivity (Wildman–Crippen MR) is 75.4 cm³/mol. The Morgan fingerprint density at radius 1 is 1.30 bits per heavy atom. The Kier molecular flexibility index (Phi) is 4.82.